The SMILES string of the molecule is COc1ccc(N=C2S[C@@H](CC(=O)Nc3cccc(C)c3C)C(=O)N2C)cc1. The molecule has 28 heavy (non-hydrogen) atoms. The van der Waals surface area contributed by atoms with Gasteiger partial charge < -0.3 is 10.1 Å². The van der Waals surface area contributed by atoms with E-state index in [0.29, 0.717) is 5.17 Å². The number of ether oxygens (including phenoxy) is 1. The molecule has 0 unspecified atom stereocenters. The summed E-state index contributed by atoms with van der Waals surface area (Å²) in [4.78, 5) is 31.0. The Kier molecular flexibility index (Phi) is 6.04. The molecule has 146 valence electrons. The molecule has 0 spiro atoms. The van der Waals surface area contributed by atoms with Gasteiger partial charge in [-0.3, -0.25) is 14.5 Å². The number of methoxy groups -OCH3 is 1. The van der Waals surface area contributed by atoms with E-state index in [2.05, 4.69) is 10.3 Å². The van der Waals surface area contributed by atoms with E-state index in [4.69, 9.17) is 4.74 Å². The molecule has 1 heterocycles. The number of aliphatic imine (C=N–C) groups is 1. The van der Waals surface area contributed by atoms with E-state index < -0.39 is 5.25 Å². The van der Waals surface area contributed by atoms with Crippen LogP contribution in [-0.4, -0.2) is 41.3 Å². The minimum absolute atomic E-state index is 0.100. The average Bonchev–Trinajstić information content (AvgIpc) is 2.94. The molecule has 1 atom stereocenters. The van der Waals surface area contributed by atoms with Crippen LogP contribution < -0.4 is 10.1 Å². The van der Waals surface area contributed by atoms with Crippen molar-refractivity contribution in [3.63, 3.8) is 0 Å². The lowest BCUT2D eigenvalue weighted by Crippen LogP contribution is -2.30. The molecule has 1 aliphatic heterocycles. The maximum Gasteiger partial charge on any atom is 0.242 e. The highest BCUT2D eigenvalue weighted by Gasteiger charge is 2.37. The third kappa shape index (κ3) is 4.36. The van der Waals surface area contributed by atoms with Gasteiger partial charge in [0.05, 0.1) is 12.8 Å². The van der Waals surface area contributed by atoms with Crippen LogP contribution in [0.15, 0.2) is 47.5 Å². The summed E-state index contributed by atoms with van der Waals surface area (Å²) in [5, 5.41) is 3.02. The van der Waals surface area contributed by atoms with Gasteiger partial charge in [-0.05, 0) is 55.3 Å². The summed E-state index contributed by atoms with van der Waals surface area (Å²) in [6.07, 6.45) is 0.100. The fourth-order valence-electron chi connectivity index (χ4n) is 2.82. The van der Waals surface area contributed by atoms with Crippen molar-refractivity contribution in [1.82, 2.24) is 4.90 Å². The molecule has 0 aromatic heterocycles. The number of thioether (sulfide) groups is 1. The van der Waals surface area contributed by atoms with Gasteiger partial charge in [0, 0.05) is 19.2 Å². The number of amidine groups is 1. The van der Waals surface area contributed by atoms with E-state index in [1.54, 1.807) is 14.2 Å². The standard InChI is InChI=1S/C21H23N3O3S/c1-13-6-5-7-17(14(13)2)23-19(25)12-18-20(26)24(3)21(28-18)22-15-8-10-16(27-4)11-9-15/h5-11,18H,12H2,1-4H3,(H,23,25)/t18-/m0/s1. The lowest BCUT2D eigenvalue weighted by atomic mass is 10.1. The molecule has 0 bridgehead atoms. The Morgan fingerprint density at radius 3 is 2.61 bits per heavy atom. The Bertz CT molecular complexity index is 925. The van der Waals surface area contributed by atoms with E-state index in [9.17, 15) is 9.59 Å². The summed E-state index contributed by atoms with van der Waals surface area (Å²) >= 11 is 1.31. The van der Waals surface area contributed by atoms with Crippen molar-refractivity contribution in [2.75, 3.05) is 19.5 Å². The highest BCUT2D eigenvalue weighted by atomic mass is 32.2. The van der Waals surface area contributed by atoms with Crippen LogP contribution >= 0.6 is 11.8 Å². The molecule has 1 fully saturated rings. The van der Waals surface area contributed by atoms with E-state index >= 15 is 0 Å². The van der Waals surface area contributed by atoms with Gasteiger partial charge in [-0.2, -0.15) is 0 Å². The molecule has 1 N–H and O–H groups in total. The Hall–Kier alpha value is -2.80. The Morgan fingerprint density at radius 2 is 1.93 bits per heavy atom. The third-order valence-electron chi connectivity index (χ3n) is 4.69. The van der Waals surface area contributed by atoms with Crippen LogP contribution in [0.4, 0.5) is 11.4 Å². The topological polar surface area (TPSA) is 71.0 Å². The number of nitrogens with one attached hydrogen (secondary N) is 1. The highest BCUT2D eigenvalue weighted by molar-refractivity contribution is 8.15. The van der Waals surface area contributed by atoms with Gasteiger partial charge in [0.2, 0.25) is 11.8 Å². The van der Waals surface area contributed by atoms with Gasteiger partial charge >= 0.3 is 0 Å². The number of carbonyl (C=O) groups is 2. The zero-order valence-corrected chi connectivity index (χ0v) is 17.2. The van der Waals surface area contributed by atoms with Gasteiger partial charge in [-0.15, -0.1) is 0 Å². The number of carbonyl (C=O) groups excluding carboxylic acids is 2. The Morgan fingerprint density at radius 1 is 1.21 bits per heavy atom. The minimum atomic E-state index is -0.480. The zero-order valence-electron chi connectivity index (χ0n) is 16.4. The van der Waals surface area contributed by atoms with Crippen molar-refractivity contribution in [3.8, 4) is 5.75 Å². The molecular weight excluding hydrogens is 374 g/mol. The molecule has 2 aromatic rings. The van der Waals surface area contributed by atoms with Gasteiger partial charge in [-0.1, -0.05) is 23.9 Å². The molecule has 2 aromatic carbocycles. The van der Waals surface area contributed by atoms with E-state index in [1.807, 2.05) is 56.3 Å². The number of rotatable bonds is 5. The summed E-state index contributed by atoms with van der Waals surface area (Å²) in [6, 6.07) is 13.0. The van der Waals surface area contributed by atoms with Crippen LogP contribution in [0.2, 0.25) is 0 Å². The lowest BCUT2D eigenvalue weighted by Gasteiger charge is -2.12. The van der Waals surface area contributed by atoms with Crippen molar-refractivity contribution >= 4 is 40.1 Å². The molecule has 1 saturated heterocycles. The summed E-state index contributed by atoms with van der Waals surface area (Å²) in [6.45, 7) is 3.96. The van der Waals surface area contributed by atoms with Gasteiger partial charge in [0.15, 0.2) is 5.17 Å². The molecule has 1 aliphatic rings. The second-order valence-corrected chi connectivity index (χ2v) is 7.77. The lowest BCUT2D eigenvalue weighted by molar-refractivity contribution is -0.127. The molecule has 7 heteroatoms. The van der Waals surface area contributed by atoms with Crippen LogP contribution in [-0.2, 0) is 9.59 Å². The van der Waals surface area contributed by atoms with Crippen LogP contribution in [0.3, 0.4) is 0 Å². The van der Waals surface area contributed by atoms with Gasteiger partial charge in [-0.25, -0.2) is 4.99 Å². The largest absolute Gasteiger partial charge is 0.497 e. The highest BCUT2D eigenvalue weighted by Crippen LogP contribution is 2.31. The summed E-state index contributed by atoms with van der Waals surface area (Å²) in [5.41, 5.74) is 3.64. The molecule has 0 saturated carbocycles. The van der Waals surface area contributed by atoms with Crippen LogP contribution in [0, 0.1) is 13.8 Å². The van der Waals surface area contributed by atoms with E-state index in [1.165, 1.54) is 16.7 Å². The Balaban J connectivity index is 1.68. The molecule has 0 aliphatic carbocycles. The summed E-state index contributed by atoms with van der Waals surface area (Å²) in [5.74, 6) is 0.445. The normalized spacial score (nSPS) is 17.9. The second-order valence-electron chi connectivity index (χ2n) is 6.60. The predicted octanol–water partition coefficient (Wildman–Crippen LogP) is 3.90. The minimum Gasteiger partial charge on any atom is -0.497 e. The smallest absolute Gasteiger partial charge is 0.242 e. The number of nitrogens with zero attached hydrogens (tertiary/aromatic N) is 2. The van der Waals surface area contributed by atoms with Crippen molar-refractivity contribution in [1.29, 1.82) is 0 Å². The van der Waals surface area contributed by atoms with Crippen LogP contribution in [0.25, 0.3) is 0 Å². The van der Waals surface area contributed by atoms with Crippen LogP contribution in [0.1, 0.15) is 17.5 Å². The molecule has 2 amide bonds. The zero-order chi connectivity index (χ0) is 20.3. The molecule has 0 radical (unpaired) electrons. The summed E-state index contributed by atoms with van der Waals surface area (Å²) < 4.78 is 5.14. The van der Waals surface area contributed by atoms with Crippen molar-refractivity contribution < 1.29 is 14.3 Å². The summed E-state index contributed by atoms with van der Waals surface area (Å²) in [7, 11) is 3.29. The van der Waals surface area contributed by atoms with Crippen molar-refractivity contribution in [2.24, 2.45) is 4.99 Å². The third-order valence-corrected chi connectivity index (χ3v) is 5.92. The van der Waals surface area contributed by atoms with Crippen molar-refractivity contribution in [2.45, 2.75) is 25.5 Å². The molecule has 3 rings (SSSR count). The number of anilines is 1. The van der Waals surface area contributed by atoms with E-state index in [-0.39, 0.29) is 18.2 Å². The number of hydrogen-bond donors (Lipinski definition) is 1. The predicted molar refractivity (Wildman–Crippen MR) is 113 cm³/mol. The maximum absolute atomic E-state index is 12.5. The van der Waals surface area contributed by atoms with Gasteiger partial charge in [0.1, 0.15) is 11.0 Å². The molecular formula is C21H23N3O3S. The maximum atomic E-state index is 12.5. The van der Waals surface area contributed by atoms with E-state index in [0.717, 1.165) is 28.3 Å². The monoisotopic (exact) mass is 397 g/mol. The molecule has 6 nitrogen and oxygen atoms in total. The average molecular weight is 398 g/mol. The number of amides is 2. The number of benzene rings is 2. The Labute approximate surface area is 169 Å². The van der Waals surface area contributed by atoms with Gasteiger partial charge in [0.25, 0.3) is 0 Å². The first-order valence-corrected chi connectivity index (χ1v) is 9.80. The second kappa shape index (κ2) is 8.48. The number of hydrogen-bond acceptors (Lipinski definition) is 5. The fourth-order valence-corrected chi connectivity index (χ4v) is 3.97. The first-order chi connectivity index (χ1) is 13.4. The number of aryl methyl sites for hydroxylation is 1. The van der Waals surface area contributed by atoms with Crippen LogP contribution in [0.5, 0.6) is 5.75 Å². The quantitative estimate of drug-likeness (QED) is 0.831. The fraction of sp³-hybridized carbons (Fsp3) is 0.286. The van der Waals surface area contributed by atoms with Crippen molar-refractivity contribution in [3.05, 3.63) is 53.6 Å². The first-order valence-electron chi connectivity index (χ1n) is 8.92. The first kappa shape index (κ1) is 19.9.